The van der Waals surface area contributed by atoms with Crippen LogP contribution >= 0.6 is 11.6 Å². The smallest absolute Gasteiger partial charge is 0.327 e. The number of rotatable bonds is 3. The Morgan fingerprint density at radius 1 is 1.14 bits per heavy atom. The van der Waals surface area contributed by atoms with Crippen molar-refractivity contribution in [2.75, 3.05) is 5.32 Å². The number of benzene rings is 2. The second kappa shape index (κ2) is 7.55. The van der Waals surface area contributed by atoms with E-state index in [0.29, 0.717) is 16.3 Å². The molecule has 0 fully saturated rings. The van der Waals surface area contributed by atoms with Gasteiger partial charge in [0.1, 0.15) is 0 Å². The highest BCUT2D eigenvalue weighted by atomic mass is 35.5. The summed E-state index contributed by atoms with van der Waals surface area (Å²) in [7, 11) is 0. The lowest BCUT2D eigenvalue weighted by Crippen LogP contribution is -2.45. The Balaban J connectivity index is 1.92. The van der Waals surface area contributed by atoms with Crippen molar-refractivity contribution in [3.8, 4) is 0 Å². The summed E-state index contributed by atoms with van der Waals surface area (Å²) in [4.78, 5) is 24.7. The van der Waals surface area contributed by atoms with Crippen molar-refractivity contribution < 1.29 is 22.8 Å². The van der Waals surface area contributed by atoms with Crippen molar-refractivity contribution in [3.63, 3.8) is 0 Å². The average molecular weight is 410 g/mol. The van der Waals surface area contributed by atoms with Crippen LogP contribution in [0.25, 0.3) is 0 Å². The zero-order chi connectivity index (χ0) is 20.5. The van der Waals surface area contributed by atoms with Gasteiger partial charge in [0.2, 0.25) is 0 Å². The fourth-order valence-corrected chi connectivity index (χ4v) is 3.00. The lowest BCUT2D eigenvalue weighted by Gasteiger charge is -2.28. The van der Waals surface area contributed by atoms with Gasteiger partial charge in [0, 0.05) is 16.4 Å². The van der Waals surface area contributed by atoms with Crippen molar-refractivity contribution in [3.05, 3.63) is 76.0 Å². The van der Waals surface area contributed by atoms with Crippen molar-refractivity contribution in [2.24, 2.45) is 0 Å². The van der Waals surface area contributed by atoms with Crippen molar-refractivity contribution >= 4 is 29.2 Å². The van der Waals surface area contributed by atoms with Gasteiger partial charge in [0.15, 0.2) is 0 Å². The lowest BCUT2D eigenvalue weighted by atomic mass is 9.95. The van der Waals surface area contributed by atoms with E-state index in [1.165, 1.54) is 12.1 Å². The second-order valence-electron chi connectivity index (χ2n) is 6.15. The van der Waals surface area contributed by atoms with Crippen LogP contribution in [0.5, 0.6) is 0 Å². The van der Waals surface area contributed by atoms with Gasteiger partial charge in [-0.2, -0.15) is 13.2 Å². The number of hydrogen-bond donors (Lipinski definition) is 3. The van der Waals surface area contributed by atoms with E-state index in [9.17, 15) is 22.8 Å². The third kappa shape index (κ3) is 4.28. The molecule has 1 atom stereocenters. The number of carbonyl (C=O) groups excluding carboxylic acids is 2. The first-order chi connectivity index (χ1) is 13.1. The molecule has 0 aliphatic carbocycles. The summed E-state index contributed by atoms with van der Waals surface area (Å²) in [5.41, 5.74) is 0.201. The third-order valence-corrected chi connectivity index (χ3v) is 4.42. The first-order valence-corrected chi connectivity index (χ1v) is 8.55. The van der Waals surface area contributed by atoms with Crippen LogP contribution < -0.4 is 16.0 Å². The molecule has 0 spiro atoms. The van der Waals surface area contributed by atoms with Gasteiger partial charge < -0.3 is 16.0 Å². The van der Waals surface area contributed by atoms with Gasteiger partial charge in [0.25, 0.3) is 5.91 Å². The van der Waals surface area contributed by atoms with Crippen molar-refractivity contribution in [1.82, 2.24) is 10.6 Å². The molecule has 28 heavy (non-hydrogen) atoms. The molecule has 146 valence electrons. The van der Waals surface area contributed by atoms with E-state index < -0.39 is 29.7 Å². The monoisotopic (exact) mass is 409 g/mol. The van der Waals surface area contributed by atoms with E-state index in [1.807, 2.05) is 0 Å². The van der Waals surface area contributed by atoms with E-state index in [4.69, 9.17) is 11.6 Å². The molecule has 5 nitrogen and oxygen atoms in total. The Hall–Kier alpha value is -3.00. The van der Waals surface area contributed by atoms with Crippen LogP contribution in [0.2, 0.25) is 5.02 Å². The van der Waals surface area contributed by atoms with Crippen LogP contribution in [0.4, 0.5) is 23.7 Å². The summed E-state index contributed by atoms with van der Waals surface area (Å²) in [6.07, 6.45) is -4.53. The SMILES string of the molecule is CC1=C(C(=O)Nc2cccc(C(F)(F)F)c2)[C@@H](c2ccc(Cl)cc2)NC(=O)N1. The molecule has 0 radical (unpaired) electrons. The fourth-order valence-electron chi connectivity index (χ4n) is 2.87. The molecule has 2 aromatic rings. The molecule has 0 unspecified atom stereocenters. The lowest BCUT2D eigenvalue weighted by molar-refractivity contribution is -0.137. The van der Waals surface area contributed by atoms with Gasteiger partial charge in [-0.25, -0.2) is 4.79 Å². The maximum Gasteiger partial charge on any atom is 0.416 e. The van der Waals surface area contributed by atoms with Crippen molar-refractivity contribution in [2.45, 2.75) is 19.1 Å². The number of anilines is 1. The Labute approximate surface area is 163 Å². The Morgan fingerprint density at radius 3 is 2.46 bits per heavy atom. The topological polar surface area (TPSA) is 70.2 Å². The van der Waals surface area contributed by atoms with Crippen LogP contribution in [-0.4, -0.2) is 11.9 Å². The highest BCUT2D eigenvalue weighted by Gasteiger charge is 2.33. The quantitative estimate of drug-likeness (QED) is 0.692. The molecule has 0 saturated heterocycles. The summed E-state index contributed by atoms with van der Waals surface area (Å²) in [5, 5.41) is 8.10. The molecule has 0 bridgehead atoms. The number of carbonyl (C=O) groups is 2. The standard InChI is InChI=1S/C19H15ClF3N3O2/c1-10-15(16(26-18(28)24-10)11-5-7-13(20)8-6-11)17(27)25-14-4-2-3-12(9-14)19(21,22)23/h2-9,16H,1H3,(H,25,27)(H2,24,26,28)/t16-/m1/s1. The molecule has 1 heterocycles. The van der Waals surface area contributed by atoms with Gasteiger partial charge in [-0.15, -0.1) is 0 Å². The van der Waals surface area contributed by atoms with Crippen LogP contribution in [0.15, 0.2) is 59.8 Å². The fraction of sp³-hybridized carbons (Fsp3) is 0.158. The largest absolute Gasteiger partial charge is 0.416 e. The molecule has 9 heteroatoms. The molecule has 0 saturated carbocycles. The number of amides is 3. The van der Waals surface area contributed by atoms with Crippen LogP contribution in [0.3, 0.4) is 0 Å². The maximum atomic E-state index is 12.9. The first kappa shape index (κ1) is 19.8. The number of halogens is 4. The van der Waals surface area contributed by atoms with Crippen LogP contribution in [0.1, 0.15) is 24.1 Å². The molecule has 1 aliphatic heterocycles. The van der Waals surface area contributed by atoms with Gasteiger partial charge in [-0.3, -0.25) is 4.79 Å². The summed E-state index contributed by atoms with van der Waals surface area (Å²) in [5.74, 6) is -0.635. The maximum absolute atomic E-state index is 12.9. The zero-order valence-corrected chi connectivity index (χ0v) is 15.3. The molecule has 2 aromatic carbocycles. The Morgan fingerprint density at radius 2 is 1.82 bits per heavy atom. The number of allylic oxidation sites excluding steroid dienone is 1. The summed E-state index contributed by atoms with van der Waals surface area (Å²) < 4.78 is 38.7. The van der Waals surface area contributed by atoms with E-state index in [2.05, 4.69) is 16.0 Å². The van der Waals surface area contributed by atoms with E-state index in [0.717, 1.165) is 12.1 Å². The van der Waals surface area contributed by atoms with Gasteiger partial charge >= 0.3 is 12.2 Å². The first-order valence-electron chi connectivity index (χ1n) is 8.17. The summed E-state index contributed by atoms with van der Waals surface area (Å²) in [6, 6.07) is 9.59. The predicted molar refractivity (Wildman–Crippen MR) is 98.6 cm³/mol. The molecule has 1 aliphatic rings. The minimum absolute atomic E-state index is 0.00752. The minimum Gasteiger partial charge on any atom is -0.327 e. The normalized spacial score (nSPS) is 17.0. The van der Waals surface area contributed by atoms with Crippen LogP contribution in [0, 0.1) is 0 Å². The highest BCUT2D eigenvalue weighted by molar-refractivity contribution is 6.30. The molecular weight excluding hydrogens is 395 g/mol. The average Bonchev–Trinajstić information content (AvgIpc) is 2.61. The third-order valence-electron chi connectivity index (χ3n) is 4.16. The Bertz CT molecular complexity index is 956. The minimum atomic E-state index is -4.53. The summed E-state index contributed by atoms with van der Waals surface area (Å²) in [6.45, 7) is 1.54. The van der Waals surface area contributed by atoms with Gasteiger partial charge in [0.05, 0.1) is 17.2 Å². The highest BCUT2D eigenvalue weighted by Crippen LogP contribution is 2.32. The molecule has 0 aromatic heterocycles. The molecule has 3 rings (SSSR count). The molecular formula is C19H15ClF3N3O2. The van der Waals surface area contributed by atoms with Crippen molar-refractivity contribution in [1.29, 1.82) is 0 Å². The molecule has 3 amide bonds. The van der Waals surface area contributed by atoms with Crippen LogP contribution in [-0.2, 0) is 11.0 Å². The van der Waals surface area contributed by atoms with Gasteiger partial charge in [-0.05, 0) is 42.8 Å². The van der Waals surface area contributed by atoms with E-state index in [1.54, 1.807) is 31.2 Å². The second-order valence-corrected chi connectivity index (χ2v) is 6.59. The number of hydrogen-bond acceptors (Lipinski definition) is 2. The number of nitrogens with one attached hydrogen (secondary N) is 3. The molecule has 3 N–H and O–H groups in total. The number of urea groups is 1. The number of alkyl halides is 3. The Kier molecular flexibility index (Phi) is 5.33. The predicted octanol–water partition coefficient (Wildman–Crippen LogP) is 4.63. The zero-order valence-electron chi connectivity index (χ0n) is 14.5. The summed E-state index contributed by atoms with van der Waals surface area (Å²) >= 11 is 5.88. The van der Waals surface area contributed by atoms with E-state index in [-0.39, 0.29) is 11.3 Å². The van der Waals surface area contributed by atoms with E-state index >= 15 is 0 Å². The van der Waals surface area contributed by atoms with Gasteiger partial charge in [-0.1, -0.05) is 29.8 Å².